The van der Waals surface area contributed by atoms with E-state index < -0.39 is 12.5 Å². The highest BCUT2D eigenvalue weighted by Crippen LogP contribution is 2.21. The van der Waals surface area contributed by atoms with E-state index in [1.807, 2.05) is 6.20 Å². The smallest absolute Gasteiger partial charge is 0.264 e. The van der Waals surface area contributed by atoms with Gasteiger partial charge in [-0.25, -0.2) is 18.7 Å². The maximum absolute atomic E-state index is 13.1. The Morgan fingerprint density at radius 3 is 2.83 bits per heavy atom. The molecule has 10 heteroatoms. The van der Waals surface area contributed by atoms with Crippen LogP contribution in [0.25, 0.3) is 11.0 Å². The second kappa shape index (κ2) is 6.48. The highest BCUT2D eigenvalue weighted by Gasteiger charge is 2.23. The van der Waals surface area contributed by atoms with E-state index >= 15 is 0 Å². The molecular formula is C14H17F2N7O. The van der Waals surface area contributed by atoms with E-state index in [4.69, 9.17) is 5.11 Å². The monoisotopic (exact) mass is 337 g/mol. The standard InChI is InChI=1S/C14H17F2N7O/c1-14(15,16)8-23-7-11-12(18-9-19-13(11)21-23)17-4-10-5-20-22(6-10)2-3-24/h5-7,9,24H,2-4,8H2,1H3,(H,17,18,19,21). The highest BCUT2D eigenvalue weighted by atomic mass is 19.3. The minimum absolute atomic E-state index is 0.0162. The lowest BCUT2D eigenvalue weighted by Crippen LogP contribution is -2.19. The van der Waals surface area contributed by atoms with Crippen molar-refractivity contribution in [3.8, 4) is 0 Å². The topological polar surface area (TPSA) is 93.7 Å². The summed E-state index contributed by atoms with van der Waals surface area (Å²) in [6.07, 6.45) is 6.33. The molecule has 0 aromatic carbocycles. The number of aliphatic hydroxyl groups is 1. The summed E-state index contributed by atoms with van der Waals surface area (Å²) in [6, 6.07) is 0. The first-order valence-electron chi connectivity index (χ1n) is 7.37. The Morgan fingerprint density at radius 1 is 1.25 bits per heavy atom. The molecular weight excluding hydrogens is 320 g/mol. The molecule has 24 heavy (non-hydrogen) atoms. The van der Waals surface area contributed by atoms with Crippen molar-refractivity contribution in [3.05, 3.63) is 30.5 Å². The van der Waals surface area contributed by atoms with E-state index in [0.717, 1.165) is 12.5 Å². The Morgan fingerprint density at radius 2 is 2.08 bits per heavy atom. The molecule has 0 spiro atoms. The minimum atomic E-state index is -2.86. The van der Waals surface area contributed by atoms with Gasteiger partial charge in [0.2, 0.25) is 0 Å². The van der Waals surface area contributed by atoms with Gasteiger partial charge in [0.1, 0.15) is 18.7 Å². The van der Waals surface area contributed by atoms with E-state index in [2.05, 4.69) is 25.5 Å². The molecule has 0 aliphatic rings. The van der Waals surface area contributed by atoms with Gasteiger partial charge in [0.25, 0.3) is 5.92 Å². The molecule has 128 valence electrons. The van der Waals surface area contributed by atoms with Crippen molar-refractivity contribution in [1.82, 2.24) is 29.5 Å². The Bertz CT molecular complexity index is 824. The predicted octanol–water partition coefficient (Wildman–Crippen LogP) is 1.28. The average Bonchev–Trinajstić information content (AvgIpc) is 3.10. The Kier molecular flexibility index (Phi) is 4.38. The Balaban J connectivity index is 1.76. The summed E-state index contributed by atoms with van der Waals surface area (Å²) < 4.78 is 29.1. The number of fused-ring (bicyclic) bond motifs is 1. The second-order valence-corrected chi connectivity index (χ2v) is 5.55. The zero-order valence-corrected chi connectivity index (χ0v) is 13.0. The molecule has 0 fully saturated rings. The number of rotatable bonds is 7. The zero-order chi connectivity index (χ0) is 17.2. The number of nitrogens with one attached hydrogen (secondary N) is 1. The van der Waals surface area contributed by atoms with Gasteiger partial charge in [-0.05, 0) is 0 Å². The van der Waals surface area contributed by atoms with E-state index in [-0.39, 0.29) is 6.61 Å². The van der Waals surface area contributed by atoms with Gasteiger partial charge < -0.3 is 10.4 Å². The third kappa shape index (κ3) is 3.82. The number of aromatic nitrogens is 6. The molecule has 0 amide bonds. The van der Waals surface area contributed by atoms with Crippen LogP contribution < -0.4 is 5.32 Å². The van der Waals surface area contributed by atoms with Gasteiger partial charge >= 0.3 is 0 Å². The number of aliphatic hydroxyl groups excluding tert-OH is 1. The van der Waals surface area contributed by atoms with E-state index in [1.54, 1.807) is 10.9 Å². The van der Waals surface area contributed by atoms with Gasteiger partial charge in [0.15, 0.2) is 5.65 Å². The summed E-state index contributed by atoms with van der Waals surface area (Å²) in [5.41, 5.74) is 1.26. The van der Waals surface area contributed by atoms with Crippen LogP contribution in [-0.4, -0.2) is 47.2 Å². The summed E-state index contributed by atoms with van der Waals surface area (Å²) >= 11 is 0. The zero-order valence-electron chi connectivity index (χ0n) is 13.0. The van der Waals surface area contributed by atoms with Crippen LogP contribution in [0.3, 0.4) is 0 Å². The molecule has 0 radical (unpaired) electrons. The molecule has 0 saturated carbocycles. The molecule has 0 atom stereocenters. The number of halogens is 2. The summed E-state index contributed by atoms with van der Waals surface area (Å²) in [7, 11) is 0. The first kappa shape index (κ1) is 16.2. The molecule has 8 nitrogen and oxygen atoms in total. The highest BCUT2D eigenvalue weighted by molar-refractivity contribution is 5.85. The van der Waals surface area contributed by atoms with Gasteiger partial charge in [0.05, 0.1) is 24.7 Å². The summed E-state index contributed by atoms with van der Waals surface area (Å²) in [5, 5.41) is 20.7. The normalized spacial score (nSPS) is 12.0. The van der Waals surface area contributed by atoms with Crippen molar-refractivity contribution in [2.75, 3.05) is 11.9 Å². The average molecular weight is 337 g/mol. The Labute approximate surface area is 136 Å². The van der Waals surface area contributed by atoms with Gasteiger partial charge in [-0.2, -0.15) is 10.2 Å². The Hall–Kier alpha value is -2.62. The van der Waals surface area contributed by atoms with Crippen LogP contribution in [0.1, 0.15) is 12.5 Å². The predicted molar refractivity (Wildman–Crippen MR) is 82.6 cm³/mol. The van der Waals surface area contributed by atoms with Crippen LogP contribution in [0.2, 0.25) is 0 Å². The van der Waals surface area contributed by atoms with Gasteiger partial charge in [-0.15, -0.1) is 0 Å². The molecule has 3 aromatic heterocycles. The molecule has 0 saturated heterocycles. The fraction of sp³-hybridized carbons (Fsp3) is 0.429. The molecule has 3 heterocycles. The number of anilines is 1. The first-order chi connectivity index (χ1) is 11.4. The number of nitrogens with zero attached hydrogens (tertiary/aromatic N) is 6. The summed E-state index contributed by atoms with van der Waals surface area (Å²) in [5.74, 6) is -2.34. The van der Waals surface area contributed by atoms with Crippen molar-refractivity contribution in [3.63, 3.8) is 0 Å². The number of hydrogen-bond acceptors (Lipinski definition) is 6. The van der Waals surface area contributed by atoms with Crippen LogP contribution in [0.4, 0.5) is 14.6 Å². The molecule has 0 aliphatic carbocycles. The lowest BCUT2D eigenvalue weighted by atomic mass is 10.3. The maximum Gasteiger partial charge on any atom is 0.264 e. The molecule has 2 N–H and O–H groups in total. The SMILES string of the molecule is CC(F)(F)Cn1cc2c(NCc3cnn(CCO)c3)ncnc2n1. The lowest BCUT2D eigenvalue weighted by molar-refractivity contribution is 0.000775. The lowest BCUT2D eigenvalue weighted by Gasteiger charge is -2.08. The van der Waals surface area contributed by atoms with Crippen LogP contribution in [0, 0.1) is 0 Å². The van der Waals surface area contributed by atoms with Gasteiger partial charge in [0, 0.05) is 31.4 Å². The summed E-state index contributed by atoms with van der Waals surface area (Å²) in [6.45, 7) is 1.22. The maximum atomic E-state index is 13.1. The quantitative estimate of drug-likeness (QED) is 0.675. The molecule has 0 aliphatic heterocycles. The molecule has 0 bridgehead atoms. The van der Waals surface area contributed by atoms with E-state index in [1.165, 1.54) is 17.2 Å². The summed E-state index contributed by atoms with van der Waals surface area (Å²) in [4.78, 5) is 8.15. The van der Waals surface area contributed by atoms with E-state index in [9.17, 15) is 8.78 Å². The van der Waals surface area contributed by atoms with Crippen molar-refractivity contribution in [1.29, 1.82) is 0 Å². The van der Waals surface area contributed by atoms with Crippen molar-refractivity contribution in [2.45, 2.75) is 32.5 Å². The minimum Gasteiger partial charge on any atom is -0.394 e. The largest absolute Gasteiger partial charge is 0.394 e. The third-order valence-electron chi connectivity index (χ3n) is 3.28. The van der Waals surface area contributed by atoms with Crippen molar-refractivity contribution >= 4 is 16.9 Å². The van der Waals surface area contributed by atoms with Gasteiger partial charge in [-0.1, -0.05) is 0 Å². The second-order valence-electron chi connectivity index (χ2n) is 5.55. The number of alkyl halides is 2. The van der Waals surface area contributed by atoms with Crippen molar-refractivity contribution < 1.29 is 13.9 Å². The number of hydrogen-bond donors (Lipinski definition) is 2. The van der Waals surface area contributed by atoms with E-state index in [0.29, 0.717) is 29.9 Å². The fourth-order valence-corrected chi connectivity index (χ4v) is 2.30. The first-order valence-corrected chi connectivity index (χ1v) is 7.37. The van der Waals surface area contributed by atoms with Crippen molar-refractivity contribution in [2.24, 2.45) is 0 Å². The van der Waals surface area contributed by atoms with Crippen LogP contribution >= 0.6 is 0 Å². The molecule has 3 aromatic rings. The van der Waals surface area contributed by atoms with Crippen LogP contribution in [0.15, 0.2) is 24.9 Å². The van der Waals surface area contributed by atoms with Crippen LogP contribution in [-0.2, 0) is 19.6 Å². The fourth-order valence-electron chi connectivity index (χ4n) is 2.30. The third-order valence-corrected chi connectivity index (χ3v) is 3.28. The molecule has 3 rings (SSSR count). The molecule has 0 unspecified atom stereocenters. The van der Waals surface area contributed by atoms with Crippen LogP contribution in [0.5, 0.6) is 0 Å². The van der Waals surface area contributed by atoms with Gasteiger partial charge in [-0.3, -0.25) is 9.36 Å².